The molecule has 2 aliphatic rings. The Morgan fingerprint density at radius 1 is 1.06 bits per heavy atom. The summed E-state index contributed by atoms with van der Waals surface area (Å²) in [6.45, 7) is 4.20. The van der Waals surface area contributed by atoms with Crippen molar-refractivity contribution in [1.29, 1.82) is 0 Å². The third kappa shape index (κ3) is 4.71. The molecule has 2 aromatic rings. The number of amides is 3. The minimum absolute atomic E-state index is 0.0212. The summed E-state index contributed by atoms with van der Waals surface area (Å²) >= 11 is 1.44. The first-order valence-corrected chi connectivity index (χ1v) is 12.1. The molecule has 3 heterocycles. The summed E-state index contributed by atoms with van der Waals surface area (Å²) in [7, 11) is 0. The van der Waals surface area contributed by atoms with E-state index in [4.69, 9.17) is 5.73 Å². The van der Waals surface area contributed by atoms with Crippen LogP contribution in [0.4, 0.5) is 5.00 Å². The molecular formula is C24H30N4O3S. The molecule has 2 fully saturated rings. The topological polar surface area (TPSA) is 95.7 Å². The van der Waals surface area contributed by atoms with Gasteiger partial charge in [-0.1, -0.05) is 30.3 Å². The Hall–Kier alpha value is -2.71. The second-order valence-corrected chi connectivity index (χ2v) is 9.58. The second-order valence-electron chi connectivity index (χ2n) is 8.56. The fourth-order valence-electron chi connectivity index (χ4n) is 4.67. The maximum atomic E-state index is 13.5. The van der Waals surface area contributed by atoms with Crippen molar-refractivity contribution in [3.05, 3.63) is 41.5 Å². The number of piperidine rings is 1. The van der Waals surface area contributed by atoms with Crippen LogP contribution in [0, 0.1) is 6.92 Å². The average molecular weight is 455 g/mol. The molecule has 3 amide bonds. The molecule has 170 valence electrons. The van der Waals surface area contributed by atoms with Gasteiger partial charge in [0, 0.05) is 18.0 Å². The maximum absolute atomic E-state index is 13.5. The number of likely N-dealkylation sites (tertiary alicyclic amines) is 2. The molecule has 32 heavy (non-hydrogen) atoms. The normalized spacial score (nSPS) is 19.2. The lowest BCUT2D eigenvalue weighted by Gasteiger charge is -2.27. The van der Waals surface area contributed by atoms with Gasteiger partial charge in [-0.2, -0.15) is 0 Å². The lowest BCUT2D eigenvalue weighted by Crippen LogP contribution is -2.44. The van der Waals surface area contributed by atoms with E-state index >= 15 is 0 Å². The fraction of sp³-hybridized carbons (Fsp3) is 0.458. The number of nitrogens with two attached hydrogens (primary N) is 1. The standard InChI is InChI=1S/C24H30N4O3S/c1-16-20(24(31)27-12-6-3-7-13-27)23(32-21(16)17-9-4-2-5-10-17)26-19(29)15-28-14-8-11-18(28)22(25)30/h2,4-5,9-10,18H,3,6-8,11-15H2,1H3,(H2,25,30)(H,26,29)/t18-/m1/s1. The molecule has 0 unspecified atom stereocenters. The van der Waals surface area contributed by atoms with Crippen LogP contribution in [0.3, 0.4) is 0 Å². The van der Waals surface area contributed by atoms with Gasteiger partial charge >= 0.3 is 0 Å². The van der Waals surface area contributed by atoms with Crippen LogP contribution in [0.1, 0.15) is 48.0 Å². The molecule has 0 bridgehead atoms. The molecule has 2 saturated heterocycles. The highest BCUT2D eigenvalue weighted by Crippen LogP contribution is 2.40. The van der Waals surface area contributed by atoms with Crippen LogP contribution < -0.4 is 11.1 Å². The summed E-state index contributed by atoms with van der Waals surface area (Å²) in [5, 5.41) is 3.57. The summed E-state index contributed by atoms with van der Waals surface area (Å²) in [5.41, 5.74) is 7.99. The van der Waals surface area contributed by atoms with Crippen LogP contribution in [0.15, 0.2) is 30.3 Å². The zero-order chi connectivity index (χ0) is 22.7. The minimum atomic E-state index is -0.403. The molecule has 1 aromatic heterocycles. The minimum Gasteiger partial charge on any atom is -0.368 e. The molecular weight excluding hydrogens is 424 g/mol. The quantitative estimate of drug-likeness (QED) is 0.700. The van der Waals surface area contributed by atoms with Crippen LogP contribution in [-0.2, 0) is 9.59 Å². The first kappa shape index (κ1) is 22.5. The van der Waals surface area contributed by atoms with E-state index in [0.29, 0.717) is 23.5 Å². The van der Waals surface area contributed by atoms with Crippen molar-refractivity contribution in [1.82, 2.24) is 9.80 Å². The molecule has 1 aromatic carbocycles. The molecule has 0 radical (unpaired) electrons. The number of rotatable bonds is 6. The first-order chi connectivity index (χ1) is 15.5. The van der Waals surface area contributed by atoms with Crippen molar-refractivity contribution >= 4 is 34.1 Å². The van der Waals surface area contributed by atoms with Gasteiger partial charge in [0.05, 0.1) is 18.2 Å². The molecule has 4 rings (SSSR count). The van der Waals surface area contributed by atoms with Crippen LogP contribution >= 0.6 is 11.3 Å². The molecule has 2 aliphatic heterocycles. The number of carbonyl (C=O) groups excluding carboxylic acids is 3. The number of benzene rings is 1. The van der Waals surface area contributed by atoms with Crippen LogP contribution in [-0.4, -0.2) is 59.7 Å². The highest BCUT2D eigenvalue weighted by Gasteiger charge is 2.32. The van der Waals surface area contributed by atoms with Gasteiger partial charge in [0.1, 0.15) is 5.00 Å². The summed E-state index contributed by atoms with van der Waals surface area (Å²) in [6.07, 6.45) is 4.67. The summed E-state index contributed by atoms with van der Waals surface area (Å²) in [6, 6.07) is 9.52. The highest BCUT2D eigenvalue weighted by molar-refractivity contribution is 7.20. The van der Waals surface area contributed by atoms with Gasteiger partial charge in [-0.3, -0.25) is 19.3 Å². The third-order valence-corrected chi connectivity index (χ3v) is 7.59. The highest BCUT2D eigenvalue weighted by atomic mass is 32.1. The van der Waals surface area contributed by atoms with E-state index < -0.39 is 11.9 Å². The number of nitrogens with zero attached hydrogens (tertiary/aromatic N) is 2. The van der Waals surface area contributed by atoms with E-state index in [1.165, 1.54) is 11.3 Å². The van der Waals surface area contributed by atoms with E-state index in [-0.39, 0.29) is 18.4 Å². The summed E-state index contributed by atoms with van der Waals surface area (Å²) in [5.74, 6) is -0.645. The van der Waals surface area contributed by atoms with E-state index in [0.717, 1.165) is 54.8 Å². The van der Waals surface area contributed by atoms with Crippen LogP contribution in [0.25, 0.3) is 10.4 Å². The van der Waals surface area contributed by atoms with E-state index in [1.54, 1.807) is 0 Å². The number of thiophene rings is 1. The molecule has 1 atom stereocenters. The lowest BCUT2D eigenvalue weighted by atomic mass is 10.0. The van der Waals surface area contributed by atoms with Gasteiger partial charge in [-0.15, -0.1) is 11.3 Å². The molecule has 7 nitrogen and oxygen atoms in total. The van der Waals surface area contributed by atoms with E-state index in [1.807, 2.05) is 47.1 Å². The van der Waals surface area contributed by atoms with Crippen molar-refractivity contribution in [2.24, 2.45) is 5.73 Å². The Morgan fingerprint density at radius 2 is 1.78 bits per heavy atom. The Kier molecular flexibility index (Phi) is 6.91. The first-order valence-electron chi connectivity index (χ1n) is 11.3. The van der Waals surface area contributed by atoms with Gasteiger partial charge in [0.15, 0.2) is 0 Å². The molecule has 8 heteroatoms. The third-order valence-electron chi connectivity index (χ3n) is 6.33. The smallest absolute Gasteiger partial charge is 0.257 e. The van der Waals surface area contributed by atoms with Crippen molar-refractivity contribution < 1.29 is 14.4 Å². The van der Waals surface area contributed by atoms with Gasteiger partial charge in [-0.25, -0.2) is 0 Å². The number of hydrogen-bond donors (Lipinski definition) is 2. The van der Waals surface area contributed by atoms with Crippen molar-refractivity contribution in [3.63, 3.8) is 0 Å². The van der Waals surface area contributed by atoms with Gasteiger partial charge < -0.3 is 16.0 Å². The Labute approximate surface area is 192 Å². The zero-order valence-corrected chi connectivity index (χ0v) is 19.2. The average Bonchev–Trinajstić information content (AvgIpc) is 3.38. The number of primary amides is 1. The number of anilines is 1. The number of carbonyl (C=O) groups is 3. The molecule has 0 spiro atoms. The van der Waals surface area contributed by atoms with Crippen molar-refractivity contribution in [2.45, 2.75) is 45.1 Å². The van der Waals surface area contributed by atoms with E-state index in [2.05, 4.69) is 5.32 Å². The van der Waals surface area contributed by atoms with Crippen molar-refractivity contribution in [2.75, 3.05) is 31.5 Å². The van der Waals surface area contributed by atoms with Crippen LogP contribution in [0.2, 0.25) is 0 Å². The van der Waals surface area contributed by atoms with Gasteiger partial charge in [0.25, 0.3) is 5.91 Å². The van der Waals surface area contributed by atoms with E-state index in [9.17, 15) is 14.4 Å². The fourth-order valence-corrected chi connectivity index (χ4v) is 5.89. The van der Waals surface area contributed by atoms with Crippen molar-refractivity contribution in [3.8, 4) is 10.4 Å². The number of hydrogen-bond acceptors (Lipinski definition) is 5. The van der Waals surface area contributed by atoms with Gasteiger partial charge in [0.2, 0.25) is 11.8 Å². The summed E-state index contributed by atoms with van der Waals surface area (Å²) in [4.78, 5) is 42.8. The number of nitrogens with one attached hydrogen (secondary N) is 1. The predicted molar refractivity (Wildman–Crippen MR) is 127 cm³/mol. The monoisotopic (exact) mass is 454 g/mol. The maximum Gasteiger partial charge on any atom is 0.257 e. The summed E-state index contributed by atoms with van der Waals surface area (Å²) < 4.78 is 0. The largest absolute Gasteiger partial charge is 0.368 e. The molecule has 0 saturated carbocycles. The SMILES string of the molecule is Cc1c(-c2ccccc2)sc(NC(=O)CN2CCC[C@@H]2C(N)=O)c1C(=O)N1CCCCC1. The molecule has 3 N–H and O–H groups in total. The zero-order valence-electron chi connectivity index (χ0n) is 18.4. The predicted octanol–water partition coefficient (Wildman–Crippen LogP) is 3.24. The lowest BCUT2D eigenvalue weighted by molar-refractivity contribution is -0.123. The Bertz CT molecular complexity index is 998. The Balaban J connectivity index is 1.61. The second kappa shape index (κ2) is 9.83. The molecule has 0 aliphatic carbocycles. The van der Waals surface area contributed by atoms with Crippen LogP contribution in [0.5, 0.6) is 0 Å². The Morgan fingerprint density at radius 3 is 2.47 bits per heavy atom. The van der Waals surface area contributed by atoms with Gasteiger partial charge in [-0.05, 0) is 56.7 Å².